The van der Waals surface area contributed by atoms with Gasteiger partial charge in [0.25, 0.3) is 5.56 Å². The summed E-state index contributed by atoms with van der Waals surface area (Å²) in [6.45, 7) is 0. The van der Waals surface area contributed by atoms with Crippen molar-refractivity contribution >= 4 is 39.0 Å². The van der Waals surface area contributed by atoms with E-state index in [0.29, 0.717) is 16.9 Å². The Labute approximate surface area is 128 Å². The van der Waals surface area contributed by atoms with E-state index >= 15 is 0 Å². The molecule has 0 atom stereocenters. The zero-order valence-corrected chi connectivity index (χ0v) is 12.5. The maximum atomic E-state index is 11.9. The Hall–Kier alpha value is -2.47. The van der Waals surface area contributed by atoms with Crippen LogP contribution in [0.15, 0.2) is 62.9 Å². The first-order valence-electron chi connectivity index (χ1n) is 6.26. The second kappa shape index (κ2) is 5.88. The average molecular weight is 343 g/mol. The number of hydrazone groups is 1. The van der Waals surface area contributed by atoms with Crippen molar-refractivity contribution in [2.24, 2.45) is 5.10 Å². The second-order valence-electron chi connectivity index (χ2n) is 4.36. The van der Waals surface area contributed by atoms with E-state index in [9.17, 15) is 4.79 Å². The van der Waals surface area contributed by atoms with E-state index < -0.39 is 0 Å². The van der Waals surface area contributed by atoms with Crippen LogP contribution in [-0.2, 0) is 0 Å². The van der Waals surface area contributed by atoms with Crippen molar-refractivity contribution in [3.63, 3.8) is 0 Å². The van der Waals surface area contributed by atoms with E-state index in [-0.39, 0.29) is 5.56 Å². The highest BCUT2D eigenvalue weighted by Crippen LogP contribution is 2.10. The lowest BCUT2D eigenvalue weighted by Gasteiger charge is -2.01. The molecule has 0 aliphatic carbocycles. The fraction of sp³-hybridized carbons (Fsp3) is 0. The Balaban J connectivity index is 1.84. The lowest BCUT2D eigenvalue weighted by molar-refractivity contribution is 1.12. The molecule has 0 unspecified atom stereocenters. The number of fused-ring (bicyclic) bond motifs is 1. The largest absolute Gasteiger partial charge is 0.291 e. The van der Waals surface area contributed by atoms with E-state index in [1.807, 2.05) is 30.3 Å². The van der Waals surface area contributed by atoms with Gasteiger partial charge in [-0.3, -0.25) is 9.78 Å². The van der Waals surface area contributed by atoms with Gasteiger partial charge in [-0.25, -0.2) is 10.4 Å². The molecule has 0 amide bonds. The lowest BCUT2D eigenvalue weighted by atomic mass is 10.2. The molecule has 6 heteroatoms. The van der Waals surface area contributed by atoms with Gasteiger partial charge in [-0.15, -0.1) is 0 Å². The molecule has 104 valence electrons. The van der Waals surface area contributed by atoms with Crippen molar-refractivity contribution in [1.82, 2.24) is 9.97 Å². The SMILES string of the molecule is O=c1[nH]c(NN=Cc2cccc(Br)c2)nc2ccccc12. The summed E-state index contributed by atoms with van der Waals surface area (Å²) in [6, 6.07) is 14.9. The van der Waals surface area contributed by atoms with Gasteiger partial charge < -0.3 is 0 Å². The molecule has 3 aromatic rings. The second-order valence-corrected chi connectivity index (χ2v) is 5.27. The van der Waals surface area contributed by atoms with Gasteiger partial charge in [0.1, 0.15) is 0 Å². The van der Waals surface area contributed by atoms with Gasteiger partial charge in [-0.05, 0) is 29.8 Å². The Morgan fingerprint density at radius 3 is 2.90 bits per heavy atom. The molecular weight excluding hydrogens is 332 g/mol. The zero-order valence-electron chi connectivity index (χ0n) is 10.9. The summed E-state index contributed by atoms with van der Waals surface area (Å²) in [5.41, 5.74) is 4.10. The minimum absolute atomic E-state index is 0.194. The minimum Gasteiger partial charge on any atom is -0.291 e. The van der Waals surface area contributed by atoms with Gasteiger partial charge in [-0.2, -0.15) is 5.10 Å². The van der Waals surface area contributed by atoms with Crippen LogP contribution in [0.1, 0.15) is 5.56 Å². The molecule has 0 spiro atoms. The average Bonchev–Trinajstić information content (AvgIpc) is 2.47. The number of hydrogen-bond acceptors (Lipinski definition) is 4. The fourth-order valence-corrected chi connectivity index (χ4v) is 2.31. The van der Waals surface area contributed by atoms with E-state index in [0.717, 1.165) is 10.0 Å². The number of anilines is 1. The first-order chi connectivity index (χ1) is 10.2. The molecule has 2 aromatic carbocycles. The van der Waals surface area contributed by atoms with Crippen LogP contribution in [0.4, 0.5) is 5.95 Å². The van der Waals surface area contributed by atoms with Crippen LogP contribution < -0.4 is 11.0 Å². The maximum absolute atomic E-state index is 11.9. The predicted octanol–water partition coefficient (Wildman–Crippen LogP) is 3.13. The summed E-state index contributed by atoms with van der Waals surface area (Å²) in [5.74, 6) is 0.310. The van der Waals surface area contributed by atoms with Crippen LogP contribution in [-0.4, -0.2) is 16.2 Å². The number of aromatic nitrogens is 2. The summed E-state index contributed by atoms with van der Waals surface area (Å²) in [5, 5.41) is 4.63. The monoisotopic (exact) mass is 342 g/mol. The third-order valence-corrected chi connectivity index (χ3v) is 3.34. The molecule has 1 heterocycles. The molecule has 0 aliphatic heterocycles. The molecule has 3 rings (SSSR count). The first kappa shape index (κ1) is 13.5. The van der Waals surface area contributed by atoms with Gasteiger partial charge in [0.2, 0.25) is 5.95 Å². The van der Waals surface area contributed by atoms with Gasteiger partial charge >= 0.3 is 0 Å². The summed E-state index contributed by atoms with van der Waals surface area (Å²) in [7, 11) is 0. The molecule has 2 N–H and O–H groups in total. The fourth-order valence-electron chi connectivity index (χ4n) is 1.89. The standard InChI is InChI=1S/C15H11BrN4O/c16-11-5-3-4-10(8-11)9-17-20-15-18-13-7-2-1-6-12(13)14(21)19-15/h1-9H,(H2,18,19,20,21). The Morgan fingerprint density at radius 1 is 1.19 bits per heavy atom. The van der Waals surface area contributed by atoms with E-state index in [1.165, 1.54) is 0 Å². The van der Waals surface area contributed by atoms with Crippen LogP contribution in [0.2, 0.25) is 0 Å². The number of para-hydroxylation sites is 1. The van der Waals surface area contributed by atoms with Crippen LogP contribution in [0, 0.1) is 0 Å². The number of H-pyrrole nitrogens is 1. The van der Waals surface area contributed by atoms with Crippen molar-refractivity contribution in [2.45, 2.75) is 0 Å². The van der Waals surface area contributed by atoms with Crippen LogP contribution in [0.25, 0.3) is 10.9 Å². The Morgan fingerprint density at radius 2 is 2.05 bits per heavy atom. The smallest absolute Gasteiger partial charge is 0.260 e. The van der Waals surface area contributed by atoms with E-state index in [4.69, 9.17) is 0 Å². The molecule has 0 saturated heterocycles. The molecule has 0 saturated carbocycles. The number of rotatable bonds is 3. The number of nitrogens with zero attached hydrogens (tertiary/aromatic N) is 2. The summed E-state index contributed by atoms with van der Waals surface area (Å²) in [6.07, 6.45) is 1.65. The molecule has 5 nitrogen and oxygen atoms in total. The number of nitrogens with one attached hydrogen (secondary N) is 2. The summed E-state index contributed by atoms with van der Waals surface area (Å²) < 4.78 is 0.976. The molecule has 0 aliphatic rings. The van der Waals surface area contributed by atoms with Crippen LogP contribution >= 0.6 is 15.9 Å². The van der Waals surface area contributed by atoms with Crippen LogP contribution in [0.5, 0.6) is 0 Å². The highest BCUT2D eigenvalue weighted by Gasteiger charge is 2.01. The van der Waals surface area contributed by atoms with Gasteiger partial charge in [0, 0.05) is 4.47 Å². The quantitative estimate of drug-likeness (QED) is 0.567. The molecule has 0 fully saturated rings. The van der Waals surface area contributed by atoms with Gasteiger partial charge in [0.05, 0.1) is 17.1 Å². The molecule has 21 heavy (non-hydrogen) atoms. The lowest BCUT2D eigenvalue weighted by Crippen LogP contribution is -2.10. The number of aromatic amines is 1. The van der Waals surface area contributed by atoms with Crippen molar-refractivity contribution in [3.8, 4) is 0 Å². The van der Waals surface area contributed by atoms with Crippen LogP contribution in [0.3, 0.4) is 0 Å². The first-order valence-corrected chi connectivity index (χ1v) is 7.05. The topological polar surface area (TPSA) is 70.1 Å². The third kappa shape index (κ3) is 3.17. The Bertz CT molecular complexity index is 873. The van der Waals surface area contributed by atoms with Crippen molar-refractivity contribution in [3.05, 3.63) is 68.9 Å². The van der Waals surface area contributed by atoms with E-state index in [1.54, 1.807) is 24.4 Å². The number of halogens is 1. The van der Waals surface area contributed by atoms with Gasteiger partial charge in [-0.1, -0.05) is 40.2 Å². The molecule has 0 radical (unpaired) electrons. The maximum Gasteiger partial charge on any atom is 0.260 e. The molecular formula is C15H11BrN4O. The third-order valence-electron chi connectivity index (χ3n) is 2.85. The predicted molar refractivity (Wildman–Crippen MR) is 87.7 cm³/mol. The Kier molecular flexibility index (Phi) is 3.79. The van der Waals surface area contributed by atoms with Crippen molar-refractivity contribution in [1.29, 1.82) is 0 Å². The normalized spacial score (nSPS) is 11.1. The van der Waals surface area contributed by atoms with Gasteiger partial charge in [0.15, 0.2) is 0 Å². The van der Waals surface area contributed by atoms with Crippen molar-refractivity contribution < 1.29 is 0 Å². The number of benzene rings is 2. The zero-order chi connectivity index (χ0) is 14.7. The highest BCUT2D eigenvalue weighted by atomic mass is 79.9. The summed E-state index contributed by atoms with van der Waals surface area (Å²) in [4.78, 5) is 18.8. The molecule has 1 aromatic heterocycles. The minimum atomic E-state index is -0.194. The molecule has 0 bridgehead atoms. The van der Waals surface area contributed by atoms with Crippen molar-refractivity contribution in [2.75, 3.05) is 5.43 Å². The van der Waals surface area contributed by atoms with E-state index in [2.05, 4.69) is 36.4 Å². The summed E-state index contributed by atoms with van der Waals surface area (Å²) >= 11 is 3.39. The number of hydrogen-bond donors (Lipinski definition) is 2. The highest BCUT2D eigenvalue weighted by molar-refractivity contribution is 9.10.